The summed E-state index contributed by atoms with van der Waals surface area (Å²) >= 11 is 0. The molecule has 1 fully saturated rings. The van der Waals surface area contributed by atoms with Gasteiger partial charge < -0.3 is 4.74 Å². The van der Waals surface area contributed by atoms with Crippen molar-refractivity contribution in [2.75, 3.05) is 19.7 Å². The molecule has 2 nitrogen and oxygen atoms in total. The number of nitrogens with zero attached hydrogens (tertiary/aromatic N) is 1. The Balaban J connectivity index is 1.39. The van der Waals surface area contributed by atoms with Crippen molar-refractivity contribution in [3.63, 3.8) is 0 Å². The molecule has 1 atom stereocenters. The van der Waals surface area contributed by atoms with E-state index < -0.39 is 0 Å². The first-order chi connectivity index (χ1) is 11.4. The predicted octanol–water partition coefficient (Wildman–Crippen LogP) is 4.21. The largest absolute Gasteiger partial charge is 0.358 e. The molecule has 0 aliphatic carbocycles. The normalized spacial score (nSPS) is 22.7. The summed E-state index contributed by atoms with van der Waals surface area (Å²) in [6.45, 7) is 3.15. The lowest BCUT2D eigenvalue weighted by molar-refractivity contribution is -0.0824. The van der Waals surface area contributed by atoms with Gasteiger partial charge in [-0.25, -0.2) is 0 Å². The van der Waals surface area contributed by atoms with Gasteiger partial charge in [0.25, 0.3) is 0 Å². The van der Waals surface area contributed by atoms with Crippen LogP contribution in [0.25, 0.3) is 0 Å². The van der Waals surface area contributed by atoms with Crippen molar-refractivity contribution >= 4 is 0 Å². The highest BCUT2D eigenvalue weighted by Crippen LogP contribution is 2.33. The first kappa shape index (κ1) is 14.9. The van der Waals surface area contributed by atoms with Gasteiger partial charge in [0.1, 0.15) is 6.23 Å². The van der Waals surface area contributed by atoms with E-state index in [1.807, 2.05) is 0 Å². The highest BCUT2D eigenvalue weighted by molar-refractivity contribution is 5.30. The smallest absolute Gasteiger partial charge is 0.137 e. The lowest BCUT2D eigenvalue weighted by atomic mass is 9.89. The number of fused-ring (bicyclic) bond motifs is 1. The second-order valence-electron chi connectivity index (χ2n) is 6.84. The number of rotatable bonds is 3. The molecule has 2 heterocycles. The Morgan fingerprint density at radius 3 is 2.48 bits per heavy atom. The van der Waals surface area contributed by atoms with Gasteiger partial charge in [-0.1, -0.05) is 54.6 Å². The maximum absolute atomic E-state index is 6.12. The zero-order valence-corrected chi connectivity index (χ0v) is 13.7. The van der Waals surface area contributed by atoms with Gasteiger partial charge in [0.2, 0.25) is 0 Å². The Labute approximate surface area is 139 Å². The van der Waals surface area contributed by atoms with E-state index in [0.29, 0.717) is 0 Å². The van der Waals surface area contributed by atoms with Crippen LogP contribution in [-0.4, -0.2) is 24.6 Å². The summed E-state index contributed by atoms with van der Waals surface area (Å²) in [6, 6.07) is 19.7. The lowest BCUT2D eigenvalue weighted by Crippen LogP contribution is -2.40. The number of hydrogen-bond donors (Lipinski definition) is 0. The van der Waals surface area contributed by atoms with Gasteiger partial charge in [0.05, 0.1) is 6.61 Å². The Hall–Kier alpha value is -1.64. The van der Waals surface area contributed by atoms with Crippen molar-refractivity contribution in [2.45, 2.75) is 31.9 Å². The predicted molar refractivity (Wildman–Crippen MR) is 93.3 cm³/mol. The fourth-order valence-corrected chi connectivity index (χ4v) is 4.01. The van der Waals surface area contributed by atoms with Crippen LogP contribution in [0.2, 0.25) is 0 Å². The lowest BCUT2D eigenvalue weighted by Gasteiger charge is -2.40. The number of benzene rings is 2. The van der Waals surface area contributed by atoms with E-state index in [1.54, 1.807) is 0 Å². The van der Waals surface area contributed by atoms with Gasteiger partial charge >= 0.3 is 0 Å². The van der Waals surface area contributed by atoms with Crippen molar-refractivity contribution in [1.82, 2.24) is 4.90 Å². The number of likely N-dealkylation sites (tertiary alicyclic amines) is 1. The maximum atomic E-state index is 6.12. The van der Waals surface area contributed by atoms with Crippen molar-refractivity contribution < 1.29 is 4.74 Å². The highest BCUT2D eigenvalue weighted by atomic mass is 16.5. The molecule has 120 valence electrons. The summed E-state index contributed by atoms with van der Waals surface area (Å²) in [7, 11) is 0. The number of hydrogen-bond acceptors (Lipinski definition) is 2. The minimum Gasteiger partial charge on any atom is -0.358 e. The quantitative estimate of drug-likeness (QED) is 0.842. The van der Waals surface area contributed by atoms with Crippen LogP contribution in [0.15, 0.2) is 54.6 Å². The monoisotopic (exact) mass is 307 g/mol. The molecule has 0 spiro atoms. The molecule has 0 bridgehead atoms. The van der Waals surface area contributed by atoms with Crippen LogP contribution in [0.4, 0.5) is 0 Å². The van der Waals surface area contributed by atoms with E-state index >= 15 is 0 Å². The van der Waals surface area contributed by atoms with Crippen molar-refractivity contribution in [2.24, 2.45) is 5.92 Å². The third-order valence-corrected chi connectivity index (χ3v) is 5.32. The molecule has 0 saturated carbocycles. The molecule has 0 aromatic heterocycles. The van der Waals surface area contributed by atoms with E-state index in [2.05, 4.69) is 59.5 Å². The minimum atomic E-state index is 0.178. The summed E-state index contributed by atoms with van der Waals surface area (Å²) in [4.78, 5) is 2.54. The standard InChI is InChI=1S/C21H25NO/c1-2-6-17(7-3-1)16-18-10-13-22(14-11-18)21-20-9-5-4-8-19(20)12-15-23-21/h1-9,18,21H,10-16H2. The van der Waals surface area contributed by atoms with Gasteiger partial charge in [-0.3, -0.25) is 4.90 Å². The van der Waals surface area contributed by atoms with Gasteiger partial charge in [0.15, 0.2) is 0 Å². The molecule has 0 amide bonds. The topological polar surface area (TPSA) is 12.5 Å². The first-order valence-corrected chi connectivity index (χ1v) is 8.87. The molecule has 2 aromatic rings. The summed E-state index contributed by atoms with van der Waals surface area (Å²) in [5.41, 5.74) is 4.33. The fourth-order valence-electron chi connectivity index (χ4n) is 4.01. The number of ether oxygens (including phenoxy) is 1. The zero-order valence-electron chi connectivity index (χ0n) is 13.7. The summed E-state index contributed by atoms with van der Waals surface area (Å²) in [6.07, 6.45) is 5.00. The van der Waals surface area contributed by atoms with Gasteiger partial charge in [-0.2, -0.15) is 0 Å². The fraction of sp³-hybridized carbons (Fsp3) is 0.429. The first-order valence-electron chi connectivity index (χ1n) is 8.87. The molecule has 1 saturated heterocycles. The molecule has 23 heavy (non-hydrogen) atoms. The van der Waals surface area contributed by atoms with E-state index in [0.717, 1.165) is 32.0 Å². The third kappa shape index (κ3) is 3.34. The SMILES string of the molecule is c1ccc(CC2CCN(C3OCCc4ccccc43)CC2)cc1. The van der Waals surface area contributed by atoms with Gasteiger partial charge in [-0.15, -0.1) is 0 Å². The van der Waals surface area contributed by atoms with E-state index in [9.17, 15) is 0 Å². The average Bonchev–Trinajstić information content (AvgIpc) is 2.63. The second-order valence-corrected chi connectivity index (χ2v) is 6.84. The molecule has 0 radical (unpaired) electrons. The van der Waals surface area contributed by atoms with E-state index in [1.165, 1.54) is 36.0 Å². The molecule has 2 aliphatic rings. The summed E-state index contributed by atoms with van der Waals surface area (Å²) in [5, 5.41) is 0. The maximum Gasteiger partial charge on any atom is 0.137 e. The van der Waals surface area contributed by atoms with Crippen LogP contribution < -0.4 is 0 Å². The van der Waals surface area contributed by atoms with Crippen LogP contribution in [0, 0.1) is 5.92 Å². The highest BCUT2D eigenvalue weighted by Gasteiger charge is 2.29. The molecule has 2 heteroatoms. The average molecular weight is 307 g/mol. The summed E-state index contributed by atoms with van der Waals surface area (Å²) in [5.74, 6) is 0.812. The van der Waals surface area contributed by atoms with Crippen LogP contribution in [0.3, 0.4) is 0 Å². The Bertz CT molecular complexity index is 631. The molecule has 2 aromatic carbocycles. The minimum absolute atomic E-state index is 0.178. The van der Waals surface area contributed by atoms with Gasteiger partial charge in [-0.05, 0) is 48.3 Å². The molecule has 1 unspecified atom stereocenters. The van der Waals surface area contributed by atoms with Crippen molar-refractivity contribution in [3.05, 3.63) is 71.3 Å². The zero-order chi connectivity index (χ0) is 15.5. The van der Waals surface area contributed by atoms with Gasteiger partial charge in [0, 0.05) is 13.1 Å². The second kappa shape index (κ2) is 6.86. The van der Waals surface area contributed by atoms with Crippen molar-refractivity contribution in [1.29, 1.82) is 0 Å². The molecular weight excluding hydrogens is 282 g/mol. The van der Waals surface area contributed by atoms with E-state index in [4.69, 9.17) is 4.74 Å². The molecule has 4 rings (SSSR count). The Morgan fingerprint density at radius 2 is 1.65 bits per heavy atom. The van der Waals surface area contributed by atoms with Crippen molar-refractivity contribution in [3.8, 4) is 0 Å². The molecule has 2 aliphatic heterocycles. The molecule has 0 N–H and O–H groups in total. The molecular formula is C21H25NO. The Morgan fingerprint density at radius 1 is 0.913 bits per heavy atom. The number of piperidine rings is 1. The van der Waals surface area contributed by atoms with Crippen LogP contribution in [0.5, 0.6) is 0 Å². The van der Waals surface area contributed by atoms with Crippen LogP contribution in [-0.2, 0) is 17.6 Å². The third-order valence-electron chi connectivity index (χ3n) is 5.32. The Kier molecular flexibility index (Phi) is 4.45. The van der Waals surface area contributed by atoms with Crippen LogP contribution >= 0.6 is 0 Å². The van der Waals surface area contributed by atoms with E-state index in [-0.39, 0.29) is 6.23 Å². The summed E-state index contributed by atoms with van der Waals surface area (Å²) < 4.78 is 6.12. The van der Waals surface area contributed by atoms with Crippen LogP contribution in [0.1, 0.15) is 35.8 Å².